The van der Waals surface area contributed by atoms with Crippen molar-refractivity contribution in [3.63, 3.8) is 0 Å². The van der Waals surface area contributed by atoms with Gasteiger partial charge in [0.15, 0.2) is 5.78 Å². The fraction of sp³-hybridized carbons (Fsp3) is 0.167. The summed E-state index contributed by atoms with van der Waals surface area (Å²) in [5, 5.41) is 13.2. The minimum absolute atomic E-state index is 0.00916. The molecular formula is C18H14Cl2N2O3. The first-order valence-electron chi connectivity index (χ1n) is 7.56. The van der Waals surface area contributed by atoms with E-state index in [2.05, 4.69) is 10.3 Å². The molecule has 1 aliphatic heterocycles. The smallest absolute Gasteiger partial charge is 0.335 e. The highest BCUT2D eigenvalue weighted by Gasteiger charge is 2.20. The summed E-state index contributed by atoms with van der Waals surface area (Å²) in [4.78, 5) is 27.8. The van der Waals surface area contributed by atoms with E-state index in [9.17, 15) is 9.59 Å². The molecule has 0 atom stereocenters. The zero-order chi connectivity index (χ0) is 18.0. The lowest BCUT2D eigenvalue weighted by atomic mass is 10.1. The number of halogens is 2. The number of benzene rings is 1. The molecule has 0 bridgehead atoms. The van der Waals surface area contributed by atoms with Crippen molar-refractivity contribution in [2.24, 2.45) is 4.99 Å². The molecule has 25 heavy (non-hydrogen) atoms. The molecule has 2 N–H and O–H groups in total. The van der Waals surface area contributed by atoms with Gasteiger partial charge in [-0.05, 0) is 29.8 Å². The summed E-state index contributed by atoms with van der Waals surface area (Å²) in [6.07, 6.45) is 5.32. The van der Waals surface area contributed by atoms with E-state index < -0.39 is 5.97 Å². The van der Waals surface area contributed by atoms with Crippen LogP contribution in [0.2, 0.25) is 10.0 Å². The molecule has 1 aliphatic carbocycles. The summed E-state index contributed by atoms with van der Waals surface area (Å²) < 4.78 is 0. The number of nitrogens with one attached hydrogen (secondary N) is 1. The Balaban J connectivity index is 1.84. The van der Waals surface area contributed by atoms with Gasteiger partial charge in [-0.2, -0.15) is 0 Å². The summed E-state index contributed by atoms with van der Waals surface area (Å²) in [6, 6.07) is 5.31. The van der Waals surface area contributed by atoms with E-state index in [4.69, 9.17) is 28.3 Å². The van der Waals surface area contributed by atoms with E-state index >= 15 is 0 Å². The highest BCUT2D eigenvalue weighted by atomic mass is 35.5. The first-order chi connectivity index (χ1) is 11.9. The van der Waals surface area contributed by atoms with Crippen LogP contribution in [-0.4, -0.2) is 29.2 Å². The van der Waals surface area contributed by atoms with Crippen molar-refractivity contribution >= 4 is 40.8 Å². The molecule has 7 heteroatoms. The number of Topliss-reactive ketones (excluding diaryl/α,β-unsaturated/α-hetero) is 1. The number of hydrogen-bond donors (Lipinski definition) is 2. The minimum Gasteiger partial charge on any atom is -0.478 e. The van der Waals surface area contributed by atoms with Crippen molar-refractivity contribution in [1.82, 2.24) is 5.32 Å². The van der Waals surface area contributed by atoms with Gasteiger partial charge >= 0.3 is 5.97 Å². The SMILES string of the molecule is O=C(O)C1=CCC2=C(C=C1)C(=O)CN=C(Cc1ccc(Cl)c(Cl)c1)N2. The van der Waals surface area contributed by atoms with Crippen LogP contribution in [-0.2, 0) is 16.0 Å². The van der Waals surface area contributed by atoms with E-state index in [1.54, 1.807) is 18.2 Å². The van der Waals surface area contributed by atoms with Gasteiger partial charge in [-0.3, -0.25) is 9.79 Å². The van der Waals surface area contributed by atoms with Crippen LogP contribution >= 0.6 is 23.2 Å². The molecule has 0 saturated carbocycles. The number of nitrogens with zero attached hydrogens (tertiary/aromatic N) is 1. The van der Waals surface area contributed by atoms with Gasteiger partial charge < -0.3 is 10.4 Å². The maximum atomic E-state index is 12.3. The standard InChI is InChI=1S/C18H14Cl2N2O3/c19-13-5-1-10(7-14(13)20)8-17-21-9-16(23)12-4-2-11(18(24)25)3-6-15(12)22-17/h1-5,7H,6,8-9H2,(H,21,22)(H,24,25). The number of carboxylic acids is 1. The van der Waals surface area contributed by atoms with Crippen LogP contribution in [0.3, 0.4) is 0 Å². The van der Waals surface area contributed by atoms with Gasteiger partial charge in [-0.25, -0.2) is 4.79 Å². The molecule has 0 amide bonds. The normalized spacial score (nSPS) is 17.1. The lowest BCUT2D eigenvalue weighted by molar-refractivity contribution is -0.132. The third-order valence-electron chi connectivity index (χ3n) is 3.89. The molecule has 5 nitrogen and oxygen atoms in total. The average Bonchev–Trinajstić information content (AvgIpc) is 2.85. The van der Waals surface area contributed by atoms with Crippen LogP contribution in [0.15, 0.2) is 58.3 Å². The zero-order valence-electron chi connectivity index (χ0n) is 13.1. The number of ketones is 1. The first kappa shape index (κ1) is 17.5. The molecule has 0 fully saturated rings. The Morgan fingerprint density at radius 3 is 2.76 bits per heavy atom. The molecule has 3 rings (SSSR count). The lowest BCUT2D eigenvalue weighted by Gasteiger charge is -2.12. The molecular weight excluding hydrogens is 363 g/mol. The summed E-state index contributed by atoms with van der Waals surface area (Å²) >= 11 is 12.0. The highest BCUT2D eigenvalue weighted by Crippen LogP contribution is 2.24. The molecule has 0 radical (unpaired) electrons. The molecule has 1 heterocycles. The van der Waals surface area contributed by atoms with Gasteiger partial charge in [-0.1, -0.05) is 35.3 Å². The molecule has 0 unspecified atom stereocenters. The number of carboxylic acid groups (broad SMARTS) is 1. The molecule has 2 aliphatic rings. The second-order valence-electron chi connectivity index (χ2n) is 5.63. The predicted octanol–water partition coefficient (Wildman–Crippen LogP) is 3.33. The van der Waals surface area contributed by atoms with Gasteiger partial charge in [0, 0.05) is 24.1 Å². The molecule has 0 spiro atoms. The Morgan fingerprint density at radius 2 is 2.04 bits per heavy atom. The Morgan fingerprint density at radius 1 is 1.24 bits per heavy atom. The third kappa shape index (κ3) is 4.00. The zero-order valence-corrected chi connectivity index (χ0v) is 14.6. The average molecular weight is 377 g/mol. The fourth-order valence-electron chi connectivity index (χ4n) is 2.61. The quantitative estimate of drug-likeness (QED) is 0.847. The minimum atomic E-state index is -1.02. The highest BCUT2D eigenvalue weighted by molar-refractivity contribution is 6.42. The van der Waals surface area contributed by atoms with Gasteiger partial charge in [0.2, 0.25) is 0 Å². The second kappa shape index (κ2) is 7.25. The van der Waals surface area contributed by atoms with Crippen LogP contribution in [0.5, 0.6) is 0 Å². The third-order valence-corrected chi connectivity index (χ3v) is 4.63. The van der Waals surface area contributed by atoms with Gasteiger partial charge in [0.1, 0.15) is 12.4 Å². The number of aliphatic imine (C=N–C) groups is 1. The van der Waals surface area contributed by atoms with Gasteiger partial charge in [0.05, 0.1) is 15.6 Å². The summed E-state index contributed by atoms with van der Waals surface area (Å²) in [5.41, 5.74) is 2.17. The van der Waals surface area contributed by atoms with Crippen molar-refractivity contribution in [3.8, 4) is 0 Å². The number of carbonyl (C=O) groups is 2. The van der Waals surface area contributed by atoms with Crippen LogP contribution in [0, 0.1) is 0 Å². The van der Waals surface area contributed by atoms with Crippen LogP contribution in [0.25, 0.3) is 0 Å². The van der Waals surface area contributed by atoms with Crippen molar-refractivity contribution in [2.75, 3.05) is 6.54 Å². The second-order valence-corrected chi connectivity index (χ2v) is 6.45. The van der Waals surface area contributed by atoms with Crippen LogP contribution in [0.4, 0.5) is 0 Å². The maximum absolute atomic E-state index is 12.3. The Kier molecular flexibility index (Phi) is 5.06. The van der Waals surface area contributed by atoms with Crippen LogP contribution < -0.4 is 5.32 Å². The van der Waals surface area contributed by atoms with E-state index in [0.717, 1.165) is 5.56 Å². The van der Waals surface area contributed by atoms with Gasteiger partial charge in [-0.15, -0.1) is 0 Å². The predicted molar refractivity (Wildman–Crippen MR) is 97.1 cm³/mol. The molecule has 1 aromatic carbocycles. The van der Waals surface area contributed by atoms with E-state index in [1.165, 1.54) is 12.2 Å². The van der Waals surface area contributed by atoms with E-state index in [1.807, 2.05) is 6.07 Å². The van der Waals surface area contributed by atoms with Gasteiger partial charge in [0.25, 0.3) is 0 Å². The molecule has 0 aromatic heterocycles. The Hall–Kier alpha value is -2.37. The van der Waals surface area contributed by atoms with E-state index in [0.29, 0.717) is 40.0 Å². The maximum Gasteiger partial charge on any atom is 0.335 e. The Bertz CT molecular complexity index is 882. The summed E-state index contributed by atoms with van der Waals surface area (Å²) in [5.74, 6) is -0.550. The molecule has 1 aromatic rings. The monoisotopic (exact) mass is 376 g/mol. The number of rotatable bonds is 3. The molecule has 128 valence electrons. The molecule has 0 saturated heterocycles. The lowest BCUT2D eigenvalue weighted by Crippen LogP contribution is -2.25. The Labute approximate surface area is 154 Å². The number of carbonyl (C=O) groups excluding carboxylic acids is 1. The van der Waals surface area contributed by atoms with Crippen molar-refractivity contribution in [2.45, 2.75) is 12.8 Å². The van der Waals surface area contributed by atoms with Crippen molar-refractivity contribution in [1.29, 1.82) is 0 Å². The summed E-state index contributed by atoms with van der Waals surface area (Å²) in [6.45, 7) is 0.00916. The number of hydrogen-bond acceptors (Lipinski definition) is 4. The van der Waals surface area contributed by atoms with Crippen LogP contribution in [0.1, 0.15) is 12.0 Å². The number of amidine groups is 1. The number of allylic oxidation sites excluding steroid dienone is 2. The van der Waals surface area contributed by atoms with Crippen molar-refractivity contribution < 1.29 is 14.7 Å². The van der Waals surface area contributed by atoms with Crippen molar-refractivity contribution in [3.05, 3.63) is 68.9 Å². The topological polar surface area (TPSA) is 78.8 Å². The first-order valence-corrected chi connectivity index (χ1v) is 8.32. The van der Waals surface area contributed by atoms with E-state index in [-0.39, 0.29) is 17.9 Å². The number of aliphatic carboxylic acids is 1. The largest absolute Gasteiger partial charge is 0.478 e. The summed E-state index contributed by atoms with van der Waals surface area (Å²) in [7, 11) is 0. The fourth-order valence-corrected chi connectivity index (χ4v) is 2.93.